The standard InChI is InChI=1S/C11H19ClF2O/c1-5-7(9(15)10(13)14)6-8(12)11(2,3)4/h7-8,10H,5-6H2,1-4H3. The lowest BCUT2D eigenvalue weighted by Crippen LogP contribution is -2.29. The summed E-state index contributed by atoms with van der Waals surface area (Å²) in [6, 6.07) is 0. The molecule has 0 N–H and O–H groups in total. The van der Waals surface area contributed by atoms with Crippen molar-refractivity contribution in [2.75, 3.05) is 0 Å². The minimum Gasteiger partial charge on any atom is -0.293 e. The van der Waals surface area contributed by atoms with Crippen molar-refractivity contribution in [1.82, 2.24) is 0 Å². The predicted octanol–water partition coefficient (Wildman–Crippen LogP) is 3.89. The molecular formula is C11H19ClF2O. The van der Waals surface area contributed by atoms with E-state index in [1.165, 1.54) is 0 Å². The van der Waals surface area contributed by atoms with Crippen molar-refractivity contribution in [2.24, 2.45) is 11.3 Å². The highest BCUT2D eigenvalue weighted by atomic mass is 35.5. The van der Waals surface area contributed by atoms with E-state index in [2.05, 4.69) is 0 Å². The lowest BCUT2D eigenvalue weighted by atomic mass is 9.84. The summed E-state index contributed by atoms with van der Waals surface area (Å²) in [6.07, 6.45) is -2.13. The van der Waals surface area contributed by atoms with Crippen LogP contribution in [0.25, 0.3) is 0 Å². The van der Waals surface area contributed by atoms with Gasteiger partial charge in [-0.25, -0.2) is 8.78 Å². The molecule has 0 bridgehead atoms. The first-order chi connectivity index (χ1) is 6.70. The Morgan fingerprint density at radius 3 is 2.07 bits per heavy atom. The molecule has 90 valence electrons. The second-order valence-electron chi connectivity index (χ2n) is 4.88. The number of hydrogen-bond donors (Lipinski definition) is 0. The number of carbonyl (C=O) groups excluding carboxylic acids is 1. The summed E-state index contributed by atoms with van der Waals surface area (Å²) in [5, 5.41) is -0.259. The zero-order valence-corrected chi connectivity index (χ0v) is 10.4. The summed E-state index contributed by atoms with van der Waals surface area (Å²) < 4.78 is 24.4. The Balaban J connectivity index is 4.41. The first-order valence-corrected chi connectivity index (χ1v) is 5.59. The highest BCUT2D eigenvalue weighted by Gasteiger charge is 2.31. The number of rotatable bonds is 5. The van der Waals surface area contributed by atoms with Gasteiger partial charge in [-0.05, 0) is 18.3 Å². The van der Waals surface area contributed by atoms with Gasteiger partial charge in [-0.2, -0.15) is 0 Å². The molecule has 0 aliphatic rings. The first kappa shape index (κ1) is 14.8. The Kier molecular flexibility index (Phi) is 5.71. The normalized spacial score (nSPS) is 16.5. The average Bonchev–Trinajstić information content (AvgIpc) is 2.10. The van der Waals surface area contributed by atoms with Crippen molar-refractivity contribution in [1.29, 1.82) is 0 Å². The molecular weight excluding hydrogens is 222 g/mol. The summed E-state index contributed by atoms with van der Waals surface area (Å²) in [5.41, 5.74) is -0.169. The van der Waals surface area contributed by atoms with Gasteiger partial charge >= 0.3 is 0 Å². The molecule has 0 aromatic rings. The number of Topliss-reactive ketones (excluding diaryl/α,β-unsaturated/α-hetero) is 1. The van der Waals surface area contributed by atoms with Crippen molar-refractivity contribution in [3.05, 3.63) is 0 Å². The van der Waals surface area contributed by atoms with Crippen molar-refractivity contribution >= 4 is 17.4 Å². The van der Waals surface area contributed by atoms with Crippen LogP contribution < -0.4 is 0 Å². The topological polar surface area (TPSA) is 17.1 Å². The molecule has 15 heavy (non-hydrogen) atoms. The molecule has 0 radical (unpaired) electrons. The largest absolute Gasteiger partial charge is 0.296 e. The molecule has 1 nitrogen and oxygen atoms in total. The maximum Gasteiger partial charge on any atom is 0.296 e. The quantitative estimate of drug-likeness (QED) is 0.667. The molecule has 0 saturated heterocycles. The molecule has 0 aromatic heterocycles. The van der Waals surface area contributed by atoms with E-state index in [0.717, 1.165) is 0 Å². The van der Waals surface area contributed by atoms with Crippen LogP contribution in [-0.4, -0.2) is 17.6 Å². The van der Waals surface area contributed by atoms with Crippen molar-refractivity contribution in [2.45, 2.75) is 52.3 Å². The van der Waals surface area contributed by atoms with E-state index >= 15 is 0 Å². The van der Waals surface area contributed by atoms with Gasteiger partial charge in [0.2, 0.25) is 5.78 Å². The molecule has 0 fully saturated rings. The van der Waals surface area contributed by atoms with Gasteiger partial charge in [-0.3, -0.25) is 4.79 Å². The summed E-state index contributed by atoms with van der Waals surface area (Å²) in [7, 11) is 0. The zero-order valence-electron chi connectivity index (χ0n) is 9.69. The second-order valence-corrected chi connectivity index (χ2v) is 5.40. The summed E-state index contributed by atoms with van der Waals surface area (Å²) >= 11 is 6.08. The molecule has 0 saturated carbocycles. The molecule has 4 heteroatoms. The van der Waals surface area contributed by atoms with Crippen molar-refractivity contribution < 1.29 is 13.6 Å². The lowest BCUT2D eigenvalue weighted by Gasteiger charge is -2.27. The second kappa shape index (κ2) is 5.78. The van der Waals surface area contributed by atoms with Crippen LogP contribution in [0.15, 0.2) is 0 Å². The smallest absolute Gasteiger partial charge is 0.293 e. The number of halogens is 3. The van der Waals surface area contributed by atoms with Gasteiger partial charge < -0.3 is 0 Å². The van der Waals surface area contributed by atoms with Crippen LogP contribution in [0, 0.1) is 11.3 Å². The van der Waals surface area contributed by atoms with Crippen LogP contribution in [0.2, 0.25) is 0 Å². The third-order valence-electron chi connectivity index (χ3n) is 2.54. The summed E-state index contributed by atoms with van der Waals surface area (Å²) in [4.78, 5) is 11.1. The molecule has 0 aliphatic carbocycles. The summed E-state index contributed by atoms with van der Waals surface area (Å²) in [6.45, 7) is 7.54. The minimum absolute atomic E-state index is 0.169. The van der Waals surface area contributed by atoms with Crippen molar-refractivity contribution in [3.8, 4) is 0 Å². The van der Waals surface area contributed by atoms with Crippen LogP contribution in [0.5, 0.6) is 0 Å². The molecule has 0 rings (SSSR count). The van der Waals surface area contributed by atoms with Gasteiger partial charge in [0, 0.05) is 11.3 Å². The molecule has 2 unspecified atom stereocenters. The predicted molar refractivity (Wildman–Crippen MR) is 58.5 cm³/mol. The Morgan fingerprint density at radius 2 is 1.80 bits per heavy atom. The fourth-order valence-corrected chi connectivity index (χ4v) is 1.48. The number of carbonyl (C=O) groups is 1. The molecule has 0 spiro atoms. The van der Waals surface area contributed by atoms with Crippen molar-refractivity contribution in [3.63, 3.8) is 0 Å². The van der Waals surface area contributed by atoms with Gasteiger partial charge in [0.15, 0.2) is 0 Å². The third-order valence-corrected chi connectivity index (χ3v) is 3.37. The van der Waals surface area contributed by atoms with Gasteiger partial charge in [0.05, 0.1) is 0 Å². The fraction of sp³-hybridized carbons (Fsp3) is 0.909. The number of hydrogen-bond acceptors (Lipinski definition) is 1. The third kappa shape index (κ3) is 4.92. The Hall–Kier alpha value is -0.180. The van der Waals surface area contributed by atoms with Crippen LogP contribution >= 0.6 is 11.6 Å². The van der Waals surface area contributed by atoms with Gasteiger partial charge in [-0.15, -0.1) is 11.6 Å². The molecule has 2 atom stereocenters. The van der Waals surface area contributed by atoms with Gasteiger partial charge in [-0.1, -0.05) is 27.7 Å². The van der Waals surface area contributed by atoms with E-state index in [-0.39, 0.29) is 10.8 Å². The Bertz CT molecular complexity index is 211. The van der Waals surface area contributed by atoms with Crippen LogP contribution in [-0.2, 0) is 4.79 Å². The Morgan fingerprint density at radius 1 is 1.33 bits per heavy atom. The molecule has 0 heterocycles. The van der Waals surface area contributed by atoms with E-state index in [0.29, 0.717) is 12.8 Å². The van der Waals surface area contributed by atoms with Crippen LogP contribution in [0.1, 0.15) is 40.5 Å². The highest BCUT2D eigenvalue weighted by molar-refractivity contribution is 6.21. The maximum atomic E-state index is 12.2. The van der Waals surface area contributed by atoms with E-state index in [1.807, 2.05) is 20.8 Å². The number of ketones is 1. The lowest BCUT2D eigenvalue weighted by molar-refractivity contribution is -0.134. The monoisotopic (exact) mass is 240 g/mol. The highest BCUT2D eigenvalue weighted by Crippen LogP contribution is 2.31. The Labute approximate surface area is 95.2 Å². The molecule has 0 aliphatic heterocycles. The summed E-state index contributed by atoms with van der Waals surface area (Å²) in [5.74, 6) is -1.60. The molecule has 0 aromatic carbocycles. The average molecular weight is 241 g/mol. The maximum absolute atomic E-state index is 12.2. The first-order valence-electron chi connectivity index (χ1n) is 5.16. The van der Waals surface area contributed by atoms with E-state index < -0.39 is 18.1 Å². The molecule has 0 amide bonds. The van der Waals surface area contributed by atoms with Crippen LogP contribution in [0.3, 0.4) is 0 Å². The van der Waals surface area contributed by atoms with Gasteiger partial charge in [0.1, 0.15) is 0 Å². The fourth-order valence-electron chi connectivity index (χ4n) is 1.27. The van der Waals surface area contributed by atoms with E-state index in [4.69, 9.17) is 11.6 Å². The van der Waals surface area contributed by atoms with Gasteiger partial charge in [0.25, 0.3) is 6.43 Å². The zero-order chi connectivity index (χ0) is 12.2. The minimum atomic E-state index is -2.88. The van der Waals surface area contributed by atoms with Crippen LogP contribution in [0.4, 0.5) is 8.78 Å². The van der Waals surface area contributed by atoms with E-state index in [9.17, 15) is 13.6 Å². The SMILES string of the molecule is CCC(CC(Cl)C(C)(C)C)C(=O)C(F)F. The van der Waals surface area contributed by atoms with E-state index in [1.54, 1.807) is 6.92 Å². The number of alkyl halides is 3.